The Balaban J connectivity index is 1.68. The van der Waals surface area contributed by atoms with Gasteiger partial charge in [0.2, 0.25) is 11.2 Å². The Bertz CT molecular complexity index is 2030. The maximum Gasteiger partial charge on any atom is 0.296 e. The molecular weight excluding hydrogens is 626 g/mol. The predicted octanol–water partition coefficient (Wildman–Crippen LogP) is 4.27. The molecule has 0 aliphatic carbocycles. The van der Waals surface area contributed by atoms with Crippen LogP contribution >= 0.6 is 11.6 Å². The standard InChI is InChI=1S/C25H24ClN7O8S2/c1-4-33-22(34)14(3)13(2)21(23(33)35)32-31-18-11-15(5-10-19(18)43(39,40)41)12-20-28-24(26)30-25(29-20)27-16-6-8-17(9-7-16)42(36,37)38/h5-11,34H,4,12H2,1-3H3,(H,36,37,38)(H,39,40,41)(H,27,28,29,30). The molecule has 2 heterocycles. The fourth-order valence-corrected chi connectivity index (χ4v) is 5.23. The zero-order valence-corrected chi connectivity index (χ0v) is 25.1. The van der Waals surface area contributed by atoms with Gasteiger partial charge in [-0.15, -0.1) is 10.2 Å². The molecule has 0 fully saturated rings. The maximum absolute atomic E-state index is 12.9. The quantitative estimate of drug-likeness (QED) is 0.147. The van der Waals surface area contributed by atoms with Crippen molar-refractivity contribution in [2.75, 3.05) is 5.32 Å². The SMILES string of the molecule is CCn1c(O)c(C)c(C)c(N=Nc2cc(Cc3nc(Cl)nc(Nc4ccc(S(=O)(=O)O)cc4)n3)ccc2S(=O)(=O)O)c1=O. The summed E-state index contributed by atoms with van der Waals surface area (Å²) in [7, 11) is -9.11. The van der Waals surface area contributed by atoms with Crippen molar-refractivity contribution >= 4 is 54.8 Å². The van der Waals surface area contributed by atoms with Crippen molar-refractivity contribution in [2.45, 2.75) is 43.5 Å². The van der Waals surface area contributed by atoms with Crippen molar-refractivity contribution < 1.29 is 31.0 Å². The normalized spacial score (nSPS) is 12.1. The molecule has 4 N–H and O–H groups in total. The molecule has 4 rings (SSSR count). The first-order valence-electron chi connectivity index (χ1n) is 12.3. The van der Waals surface area contributed by atoms with Gasteiger partial charge in [0.25, 0.3) is 25.8 Å². The van der Waals surface area contributed by atoms with Crippen LogP contribution in [0.4, 0.5) is 23.0 Å². The van der Waals surface area contributed by atoms with Gasteiger partial charge in [-0.05, 0) is 79.9 Å². The predicted molar refractivity (Wildman–Crippen MR) is 155 cm³/mol. The van der Waals surface area contributed by atoms with Crippen LogP contribution in [0, 0.1) is 13.8 Å². The topological polar surface area (TPSA) is 226 Å². The summed E-state index contributed by atoms with van der Waals surface area (Å²) in [5, 5.41) is 20.9. The summed E-state index contributed by atoms with van der Waals surface area (Å²) in [5.41, 5.74) is 0.513. The van der Waals surface area contributed by atoms with Gasteiger partial charge in [-0.1, -0.05) is 6.07 Å². The molecule has 0 saturated heterocycles. The van der Waals surface area contributed by atoms with Gasteiger partial charge < -0.3 is 10.4 Å². The Labute approximate surface area is 250 Å². The number of azo groups is 1. The molecule has 2 aromatic carbocycles. The largest absolute Gasteiger partial charge is 0.494 e. The molecule has 0 atom stereocenters. The molecule has 4 aromatic rings. The highest BCUT2D eigenvalue weighted by Crippen LogP contribution is 2.30. The Morgan fingerprint density at radius 3 is 2.21 bits per heavy atom. The third-order valence-electron chi connectivity index (χ3n) is 6.26. The molecule has 18 heteroatoms. The summed E-state index contributed by atoms with van der Waals surface area (Å²) in [4.78, 5) is 24.3. The zero-order valence-electron chi connectivity index (χ0n) is 22.7. The second-order valence-corrected chi connectivity index (χ2v) is 12.2. The van der Waals surface area contributed by atoms with Crippen LogP contribution < -0.4 is 10.9 Å². The number of nitrogens with zero attached hydrogens (tertiary/aromatic N) is 6. The van der Waals surface area contributed by atoms with E-state index >= 15 is 0 Å². The van der Waals surface area contributed by atoms with Crippen LogP contribution in [0.15, 0.2) is 67.3 Å². The smallest absolute Gasteiger partial charge is 0.296 e. The second kappa shape index (κ2) is 12.1. The Hall–Kier alpha value is -4.29. The van der Waals surface area contributed by atoms with E-state index in [1.807, 2.05) is 0 Å². The number of aromatic hydroxyl groups is 1. The van der Waals surface area contributed by atoms with Crippen molar-refractivity contribution in [1.29, 1.82) is 0 Å². The van der Waals surface area contributed by atoms with Crippen molar-refractivity contribution in [3.05, 3.63) is 80.6 Å². The van der Waals surface area contributed by atoms with E-state index in [2.05, 4.69) is 30.5 Å². The fourth-order valence-electron chi connectivity index (χ4n) is 3.96. The zero-order chi connectivity index (χ0) is 31.7. The second-order valence-electron chi connectivity index (χ2n) is 9.09. The van der Waals surface area contributed by atoms with Crippen LogP contribution in [0.1, 0.15) is 29.4 Å². The first-order valence-corrected chi connectivity index (χ1v) is 15.5. The summed E-state index contributed by atoms with van der Waals surface area (Å²) < 4.78 is 66.6. The lowest BCUT2D eigenvalue weighted by Crippen LogP contribution is -2.20. The molecule has 0 aliphatic heterocycles. The maximum atomic E-state index is 12.9. The number of hydrogen-bond donors (Lipinski definition) is 4. The molecule has 0 unspecified atom stereocenters. The van der Waals surface area contributed by atoms with Crippen molar-refractivity contribution in [1.82, 2.24) is 19.5 Å². The summed E-state index contributed by atoms with van der Waals surface area (Å²) in [6, 6.07) is 8.90. The Morgan fingerprint density at radius 2 is 1.60 bits per heavy atom. The first kappa shape index (κ1) is 31.6. The van der Waals surface area contributed by atoms with Gasteiger partial charge >= 0.3 is 0 Å². The van der Waals surface area contributed by atoms with E-state index in [0.29, 0.717) is 22.4 Å². The van der Waals surface area contributed by atoms with Crippen LogP contribution in [-0.2, 0) is 33.2 Å². The molecule has 0 amide bonds. The van der Waals surface area contributed by atoms with Crippen molar-refractivity contribution in [3.63, 3.8) is 0 Å². The highest BCUT2D eigenvalue weighted by Gasteiger charge is 2.19. The van der Waals surface area contributed by atoms with Crippen molar-refractivity contribution in [3.8, 4) is 5.88 Å². The summed E-state index contributed by atoms with van der Waals surface area (Å²) in [6.07, 6.45) is -0.00707. The summed E-state index contributed by atoms with van der Waals surface area (Å²) in [5.74, 6) is -0.0607. The van der Waals surface area contributed by atoms with E-state index in [9.17, 15) is 31.3 Å². The average molecular weight is 650 g/mol. The molecule has 2 aromatic heterocycles. The number of anilines is 2. The van der Waals surface area contributed by atoms with Gasteiger partial charge in [0, 0.05) is 24.2 Å². The van der Waals surface area contributed by atoms with Crippen LogP contribution in [0.5, 0.6) is 5.88 Å². The van der Waals surface area contributed by atoms with E-state index < -0.39 is 30.7 Å². The molecule has 0 aliphatic rings. The number of hydrogen-bond acceptors (Lipinski definition) is 12. The third-order valence-corrected chi connectivity index (χ3v) is 8.19. The molecule has 43 heavy (non-hydrogen) atoms. The van der Waals surface area contributed by atoms with Gasteiger partial charge in [0.1, 0.15) is 16.4 Å². The fraction of sp³-hybridized carbons (Fsp3) is 0.200. The van der Waals surface area contributed by atoms with Crippen LogP contribution in [0.25, 0.3) is 0 Å². The average Bonchev–Trinajstić information content (AvgIpc) is 2.91. The number of pyridine rings is 1. The molecular formula is C25H24ClN7O8S2. The molecule has 0 spiro atoms. The minimum absolute atomic E-state index is 0.00707. The van der Waals surface area contributed by atoms with E-state index in [0.717, 1.165) is 10.6 Å². The highest BCUT2D eigenvalue weighted by molar-refractivity contribution is 7.86. The van der Waals surface area contributed by atoms with Gasteiger partial charge in [0.05, 0.1) is 4.90 Å². The number of benzene rings is 2. The highest BCUT2D eigenvalue weighted by atomic mass is 35.5. The van der Waals surface area contributed by atoms with Gasteiger partial charge in [-0.3, -0.25) is 18.5 Å². The monoisotopic (exact) mass is 649 g/mol. The van der Waals surface area contributed by atoms with Crippen molar-refractivity contribution in [2.24, 2.45) is 10.2 Å². The van der Waals surface area contributed by atoms with E-state index in [-0.39, 0.29) is 52.2 Å². The van der Waals surface area contributed by atoms with E-state index in [1.165, 1.54) is 36.4 Å². The van der Waals surface area contributed by atoms with Crippen LogP contribution in [0.3, 0.4) is 0 Å². The number of aromatic nitrogens is 4. The lowest BCUT2D eigenvalue weighted by Gasteiger charge is -2.12. The van der Waals surface area contributed by atoms with Gasteiger partial charge in [-0.2, -0.15) is 26.8 Å². The molecule has 226 valence electrons. The van der Waals surface area contributed by atoms with Gasteiger partial charge in [-0.25, -0.2) is 4.98 Å². The Morgan fingerprint density at radius 1 is 0.930 bits per heavy atom. The van der Waals surface area contributed by atoms with E-state index in [4.69, 9.17) is 16.2 Å². The lowest BCUT2D eigenvalue weighted by atomic mass is 10.1. The number of halogens is 1. The minimum atomic E-state index is -4.74. The summed E-state index contributed by atoms with van der Waals surface area (Å²) in [6.45, 7) is 4.97. The van der Waals surface area contributed by atoms with Gasteiger partial charge in [0.15, 0.2) is 11.6 Å². The Kier molecular flexibility index (Phi) is 8.93. The molecule has 0 bridgehead atoms. The number of nitrogens with one attached hydrogen (secondary N) is 1. The third kappa shape index (κ3) is 7.20. The molecule has 15 nitrogen and oxygen atoms in total. The van der Waals surface area contributed by atoms with Crippen LogP contribution in [0.2, 0.25) is 5.28 Å². The molecule has 0 saturated carbocycles. The number of rotatable bonds is 9. The van der Waals surface area contributed by atoms with E-state index in [1.54, 1.807) is 20.8 Å². The first-order chi connectivity index (χ1) is 20.1. The minimum Gasteiger partial charge on any atom is -0.494 e. The molecule has 0 radical (unpaired) electrons. The van der Waals surface area contributed by atoms with Crippen LogP contribution in [-0.4, -0.2) is 50.6 Å². The summed E-state index contributed by atoms with van der Waals surface area (Å²) >= 11 is 6.07. The lowest BCUT2D eigenvalue weighted by molar-refractivity contribution is 0.406.